The lowest BCUT2D eigenvalue weighted by atomic mass is 10.1. The molecule has 0 amide bonds. The monoisotopic (exact) mass is 380 g/mol. The van der Waals surface area contributed by atoms with E-state index in [0.29, 0.717) is 18.7 Å². The number of nitro benzene ring substituents is 1. The second-order valence-electron chi connectivity index (χ2n) is 5.64. The maximum absolute atomic E-state index is 11.5. The third-order valence-corrected chi connectivity index (χ3v) is 3.73. The molecular weight excluding hydrogens is 364 g/mol. The Morgan fingerprint density at radius 3 is 2.64 bits per heavy atom. The zero-order valence-electron chi connectivity index (χ0n) is 14.6. The van der Waals surface area contributed by atoms with Crippen molar-refractivity contribution in [3.8, 4) is 11.3 Å². The molecule has 0 spiro atoms. The van der Waals surface area contributed by atoms with Crippen molar-refractivity contribution in [2.24, 2.45) is 0 Å². The Kier molecular flexibility index (Phi) is 5.70. The van der Waals surface area contributed by atoms with Gasteiger partial charge in [-0.25, -0.2) is 19.7 Å². The van der Waals surface area contributed by atoms with Crippen LogP contribution in [0.1, 0.15) is 10.4 Å². The lowest BCUT2D eigenvalue weighted by Gasteiger charge is -2.10. The van der Waals surface area contributed by atoms with Crippen LogP contribution in [0.5, 0.6) is 0 Å². The number of nitro groups is 1. The molecule has 0 aliphatic carbocycles. The van der Waals surface area contributed by atoms with Crippen LogP contribution in [-0.2, 0) is 0 Å². The molecule has 0 unspecified atom stereocenters. The van der Waals surface area contributed by atoms with Gasteiger partial charge in [-0.3, -0.25) is 10.1 Å². The van der Waals surface area contributed by atoms with Gasteiger partial charge in [-0.1, -0.05) is 18.2 Å². The lowest BCUT2D eigenvalue weighted by molar-refractivity contribution is -0.384. The number of carboxylic acid groups (broad SMARTS) is 1. The van der Waals surface area contributed by atoms with Gasteiger partial charge in [0.2, 0.25) is 5.95 Å². The molecule has 3 aromatic rings. The molecule has 3 rings (SSSR count). The summed E-state index contributed by atoms with van der Waals surface area (Å²) >= 11 is 0. The maximum atomic E-state index is 11.5. The molecule has 0 radical (unpaired) electrons. The molecule has 0 aliphatic heterocycles. The van der Waals surface area contributed by atoms with E-state index in [4.69, 9.17) is 0 Å². The number of rotatable bonds is 8. The highest BCUT2D eigenvalue weighted by atomic mass is 16.6. The molecule has 0 saturated heterocycles. The Labute approximate surface area is 159 Å². The fourth-order valence-electron chi connectivity index (χ4n) is 2.44. The number of carbonyl (C=O) groups is 1. The number of hydrogen-bond acceptors (Lipinski definition) is 8. The third-order valence-electron chi connectivity index (χ3n) is 3.73. The van der Waals surface area contributed by atoms with Gasteiger partial charge in [0.25, 0.3) is 5.69 Å². The van der Waals surface area contributed by atoms with Crippen molar-refractivity contribution in [1.82, 2.24) is 15.0 Å². The van der Waals surface area contributed by atoms with Crippen LogP contribution in [-0.4, -0.2) is 44.0 Å². The first-order valence-corrected chi connectivity index (χ1v) is 8.28. The van der Waals surface area contributed by atoms with Gasteiger partial charge in [0, 0.05) is 43.2 Å². The second-order valence-corrected chi connectivity index (χ2v) is 5.64. The molecule has 0 saturated carbocycles. The number of aromatic carboxylic acids is 1. The molecule has 10 nitrogen and oxygen atoms in total. The van der Waals surface area contributed by atoms with Gasteiger partial charge in [-0.05, 0) is 12.1 Å². The fraction of sp³-hybridized carbons (Fsp3) is 0.111. The van der Waals surface area contributed by atoms with Gasteiger partial charge < -0.3 is 15.7 Å². The van der Waals surface area contributed by atoms with Crippen LogP contribution >= 0.6 is 0 Å². The zero-order valence-corrected chi connectivity index (χ0v) is 14.6. The summed E-state index contributed by atoms with van der Waals surface area (Å²) in [6.07, 6.45) is 2.85. The first-order valence-electron chi connectivity index (χ1n) is 8.28. The standard InChI is InChI=1S/C18H16N6O4/c25-17(26)14-11-22-18(21-9-8-20-15-6-1-2-7-19-15)23-16(14)12-4-3-5-13(10-12)24(27)28/h1-7,10-11H,8-9H2,(H,19,20)(H,25,26)(H,21,22,23). The summed E-state index contributed by atoms with van der Waals surface area (Å²) < 4.78 is 0. The summed E-state index contributed by atoms with van der Waals surface area (Å²) in [5.41, 5.74) is 0.134. The highest BCUT2D eigenvalue weighted by molar-refractivity contribution is 5.94. The number of anilines is 2. The van der Waals surface area contributed by atoms with Crippen molar-refractivity contribution in [3.05, 3.63) is 70.5 Å². The van der Waals surface area contributed by atoms with E-state index in [1.54, 1.807) is 12.3 Å². The van der Waals surface area contributed by atoms with Gasteiger partial charge >= 0.3 is 5.97 Å². The van der Waals surface area contributed by atoms with E-state index >= 15 is 0 Å². The number of benzene rings is 1. The van der Waals surface area contributed by atoms with Crippen LogP contribution in [0.25, 0.3) is 11.3 Å². The largest absolute Gasteiger partial charge is 0.478 e. The Hall–Kier alpha value is -4.08. The molecule has 28 heavy (non-hydrogen) atoms. The van der Waals surface area contributed by atoms with Gasteiger partial charge in [0.05, 0.1) is 10.6 Å². The smallest absolute Gasteiger partial charge is 0.339 e. The number of aromatic nitrogens is 3. The van der Waals surface area contributed by atoms with E-state index < -0.39 is 10.9 Å². The van der Waals surface area contributed by atoms with Crippen molar-refractivity contribution in [1.29, 1.82) is 0 Å². The summed E-state index contributed by atoms with van der Waals surface area (Å²) in [7, 11) is 0. The van der Waals surface area contributed by atoms with Gasteiger partial charge in [0.15, 0.2) is 0 Å². The quantitative estimate of drug-likeness (QED) is 0.305. The second kappa shape index (κ2) is 8.54. The van der Waals surface area contributed by atoms with E-state index in [2.05, 4.69) is 25.6 Å². The third kappa shape index (κ3) is 4.55. The normalized spacial score (nSPS) is 10.3. The minimum absolute atomic E-state index is 0.103. The first-order chi connectivity index (χ1) is 13.5. The van der Waals surface area contributed by atoms with Crippen molar-refractivity contribution in [2.45, 2.75) is 0 Å². The average molecular weight is 380 g/mol. The minimum atomic E-state index is -1.22. The number of nitrogens with zero attached hydrogens (tertiary/aromatic N) is 4. The van der Waals surface area contributed by atoms with Crippen molar-refractivity contribution >= 4 is 23.4 Å². The first kappa shape index (κ1) is 18.7. The number of non-ortho nitro benzene ring substituents is 1. The Bertz CT molecular complexity index is 996. The number of carboxylic acids is 1. The predicted octanol–water partition coefficient (Wildman–Crippen LogP) is 2.67. The summed E-state index contributed by atoms with van der Waals surface area (Å²) in [6, 6.07) is 11.2. The Morgan fingerprint density at radius 2 is 1.93 bits per heavy atom. The molecular formula is C18H16N6O4. The zero-order chi connectivity index (χ0) is 19.9. The van der Waals surface area contributed by atoms with Crippen LogP contribution in [0, 0.1) is 10.1 Å². The van der Waals surface area contributed by atoms with Gasteiger partial charge in [0.1, 0.15) is 11.4 Å². The lowest BCUT2D eigenvalue weighted by Crippen LogP contribution is -2.16. The van der Waals surface area contributed by atoms with Crippen LogP contribution in [0.2, 0.25) is 0 Å². The molecule has 0 fully saturated rings. The SMILES string of the molecule is O=C(O)c1cnc(NCCNc2ccccn2)nc1-c1cccc([N+](=O)[O-])c1. The number of pyridine rings is 1. The molecule has 0 aliphatic rings. The fourth-order valence-corrected chi connectivity index (χ4v) is 2.44. The molecule has 0 atom stereocenters. The Balaban J connectivity index is 1.77. The van der Waals surface area contributed by atoms with E-state index in [1.165, 1.54) is 24.4 Å². The van der Waals surface area contributed by atoms with Crippen LogP contribution in [0.4, 0.5) is 17.5 Å². The number of nitrogens with one attached hydrogen (secondary N) is 2. The van der Waals surface area contributed by atoms with Crippen molar-refractivity contribution < 1.29 is 14.8 Å². The molecule has 142 valence electrons. The van der Waals surface area contributed by atoms with Gasteiger partial charge in [-0.15, -0.1) is 0 Å². The summed E-state index contributed by atoms with van der Waals surface area (Å²) in [4.78, 5) is 34.3. The highest BCUT2D eigenvalue weighted by Crippen LogP contribution is 2.26. The molecule has 2 aromatic heterocycles. The molecule has 0 bridgehead atoms. The topological polar surface area (TPSA) is 143 Å². The van der Waals surface area contributed by atoms with E-state index in [-0.39, 0.29) is 22.9 Å². The summed E-state index contributed by atoms with van der Waals surface area (Å²) in [5.74, 6) is -0.275. The minimum Gasteiger partial charge on any atom is -0.478 e. The van der Waals surface area contributed by atoms with Gasteiger partial charge in [-0.2, -0.15) is 0 Å². The molecule has 10 heteroatoms. The van der Waals surface area contributed by atoms with Crippen LogP contribution in [0.15, 0.2) is 54.9 Å². The molecule has 2 heterocycles. The molecule has 3 N–H and O–H groups in total. The van der Waals surface area contributed by atoms with Crippen molar-refractivity contribution in [2.75, 3.05) is 23.7 Å². The van der Waals surface area contributed by atoms with Crippen molar-refractivity contribution in [3.63, 3.8) is 0 Å². The highest BCUT2D eigenvalue weighted by Gasteiger charge is 2.17. The average Bonchev–Trinajstić information content (AvgIpc) is 2.72. The Morgan fingerprint density at radius 1 is 1.11 bits per heavy atom. The summed E-state index contributed by atoms with van der Waals surface area (Å²) in [5, 5.41) is 26.5. The molecule has 1 aromatic carbocycles. The van der Waals surface area contributed by atoms with E-state index in [9.17, 15) is 20.0 Å². The van der Waals surface area contributed by atoms with E-state index in [1.807, 2.05) is 18.2 Å². The number of hydrogen-bond donors (Lipinski definition) is 3. The van der Waals surface area contributed by atoms with Crippen LogP contribution in [0.3, 0.4) is 0 Å². The summed E-state index contributed by atoms with van der Waals surface area (Å²) in [6.45, 7) is 0.991. The van der Waals surface area contributed by atoms with E-state index in [0.717, 1.165) is 5.82 Å². The predicted molar refractivity (Wildman–Crippen MR) is 102 cm³/mol. The maximum Gasteiger partial charge on any atom is 0.339 e. The van der Waals surface area contributed by atoms with Crippen LogP contribution < -0.4 is 10.6 Å².